The van der Waals surface area contributed by atoms with Gasteiger partial charge < -0.3 is 4.90 Å². The van der Waals surface area contributed by atoms with Gasteiger partial charge in [0.1, 0.15) is 0 Å². The highest BCUT2D eigenvalue weighted by Crippen LogP contribution is 2.37. The molecule has 2 aromatic rings. The van der Waals surface area contributed by atoms with Crippen LogP contribution in [-0.2, 0) is 13.0 Å². The van der Waals surface area contributed by atoms with Gasteiger partial charge in [-0.15, -0.1) is 0 Å². The molecule has 0 bridgehead atoms. The van der Waals surface area contributed by atoms with E-state index in [1.54, 1.807) is 0 Å². The van der Waals surface area contributed by atoms with E-state index in [1.165, 1.54) is 36.1 Å². The lowest BCUT2D eigenvalue weighted by Crippen LogP contribution is -2.51. The lowest BCUT2D eigenvalue weighted by Gasteiger charge is -2.42. The number of nitrogens with zero attached hydrogens (tertiary/aromatic N) is 3. The summed E-state index contributed by atoms with van der Waals surface area (Å²) in [6.45, 7) is 8.02. The fraction of sp³-hybridized carbons (Fsp3) is 0.407. The van der Waals surface area contributed by atoms with Gasteiger partial charge in [0.15, 0.2) is 18.3 Å². The molecule has 2 aliphatic heterocycles. The summed E-state index contributed by atoms with van der Waals surface area (Å²) in [6, 6.07) is 21.1. The van der Waals surface area contributed by atoms with Crippen LogP contribution in [0, 0.1) is 17.2 Å². The van der Waals surface area contributed by atoms with Crippen LogP contribution in [-0.4, -0.2) is 34.3 Å². The van der Waals surface area contributed by atoms with Gasteiger partial charge in [0, 0.05) is 44.3 Å². The predicted octanol–water partition coefficient (Wildman–Crippen LogP) is 5.16. The number of rotatable bonds is 5. The molecule has 2 aromatic carbocycles. The number of piperidine rings is 1. The van der Waals surface area contributed by atoms with Gasteiger partial charge in [-0.3, -0.25) is 0 Å². The molecule has 0 aromatic heterocycles. The van der Waals surface area contributed by atoms with E-state index >= 15 is 0 Å². The molecule has 1 saturated heterocycles. The Balaban J connectivity index is 1.66. The number of benzene rings is 2. The zero-order valence-electron chi connectivity index (χ0n) is 18.2. The molecule has 4 rings (SSSR count). The molecule has 3 nitrogen and oxygen atoms in total. The summed E-state index contributed by atoms with van der Waals surface area (Å²) in [4.78, 5) is 2.62. The Morgan fingerprint density at radius 1 is 0.967 bits per heavy atom. The number of hydrogen-bond acceptors (Lipinski definition) is 2. The van der Waals surface area contributed by atoms with Gasteiger partial charge in [0.05, 0.1) is 17.6 Å². The minimum Gasteiger partial charge on any atom is -0.374 e. The quantitative estimate of drug-likeness (QED) is 0.651. The Morgan fingerprint density at radius 3 is 2.33 bits per heavy atom. The lowest BCUT2D eigenvalue weighted by atomic mass is 9.77. The van der Waals surface area contributed by atoms with E-state index in [1.807, 2.05) is 12.1 Å². The first-order valence-electron chi connectivity index (χ1n) is 11.2. The molecule has 0 radical (unpaired) electrons. The maximum Gasteiger partial charge on any atom is 0.168 e. The van der Waals surface area contributed by atoms with Crippen LogP contribution >= 0.6 is 0 Å². The summed E-state index contributed by atoms with van der Waals surface area (Å²) >= 11 is 0. The van der Waals surface area contributed by atoms with Crippen LogP contribution in [0.25, 0.3) is 0 Å². The smallest absolute Gasteiger partial charge is 0.168 e. The lowest BCUT2D eigenvalue weighted by molar-refractivity contribution is -0.621. The Bertz CT molecular complexity index is 955. The van der Waals surface area contributed by atoms with E-state index in [2.05, 4.69) is 84.1 Å². The normalized spacial score (nSPS) is 20.8. The molecule has 1 atom stereocenters. The van der Waals surface area contributed by atoms with Crippen LogP contribution in [0.4, 0.5) is 0 Å². The van der Waals surface area contributed by atoms with Gasteiger partial charge in [0.25, 0.3) is 0 Å². The van der Waals surface area contributed by atoms with Crippen molar-refractivity contribution in [1.29, 1.82) is 5.26 Å². The summed E-state index contributed by atoms with van der Waals surface area (Å²) in [5, 5.41) is 9.14. The van der Waals surface area contributed by atoms with Crippen molar-refractivity contribution in [3.05, 3.63) is 83.1 Å². The second-order valence-corrected chi connectivity index (χ2v) is 9.12. The molecule has 3 heteroatoms. The standard InChI is InChI=1S/C27H32N3/c1-27(2)25(19-22-11-13-23(20-28)14-12-22)26(29-16-7-4-8-17-29)15-18-30(27)21-24-9-5-3-6-10-24/h3,5-6,9-15,18,25H,4,7-8,16-17,19,21H2,1-2H3/q+1. The first-order chi connectivity index (χ1) is 14.6. The molecule has 0 N–H and O–H groups in total. The summed E-state index contributed by atoms with van der Waals surface area (Å²) in [5.74, 6) is 0.400. The predicted molar refractivity (Wildman–Crippen MR) is 122 cm³/mol. The number of allylic oxidation sites excluding steroid dienone is 1. The molecule has 30 heavy (non-hydrogen) atoms. The van der Waals surface area contributed by atoms with Crippen molar-refractivity contribution in [2.75, 3.05) is 13.1 Å². The molecule has 0 aliphatic carbocycles. The monoisotopic (exact) mass is 398 g/mol. The Hall–Kier alpha value is -2.86. The first-order valence-corrected chi connectivity index (χ1v) is 11.2. The molecule has 2 aliphatic rings. The van der Waals surface area contributed by atoms with Crippen molar-refractivity contribution in [2.24, 2.45) is 5.92 Å². The fourth-order valence-electron chi connectivity index (χ4n) is 4.86. The van der Waals surface area contributed by atoms with Gasteiger partial charge in [-0.1, -0.05) is 42.5 Å². The van der Waals surface area contributed by atoms with Crippen molar-refractivity contribution in [1.82, 2.24) is 4.90 Å². The van der Waals surface area contributed by atoms with Crippen LogP contribution in [0.3, 0.4) is 0 Å². The molecular weight excluding hydrogens is 366 g/mol. The molecule has 1 unspecified atom stereocenters. The van der Waals surface area contributed by atoms with Gasteiger partial charge in [-0.2, -0.15) is 5.26 Å². The van der Waals surface area contributed by atoms with E-state index in [0.717, 1.165) is 31.6 Å². The maximum absolute atomic E-state index is 9.14. The minimum atomic E-state index is -0.00866. The van der Waals surface area contributed by atoms with Crippen molar-refractivity contribution in [3.63, 3.8) is 0 Å². The molecule has 0 spiro atoms. The largest absolute Gasteiger partial charge is 0.374 e. The summed E-state index contributed by atoms with van der Waals surface area (Å²) in [6.07, 6.45) is 9.59. The highest BCUT2D eigenvalue weighted by molar-refractivity contribution is 5.69. The average Bonchev–Trinajstić information content (AvgIpc) is 2.78. The van der Waals surface area contributed by atoms with Crippen molar-refractivity contribution >= 4 is 6.21 Å². The maximum atomic E-state index is 9.14. The van der Waals surface area contributed by atoms with E-state index in [-0.39, 0.29) is 5.54 Å². The second-order valence-electron chi connectivity index (χ2n) is 9.12. The average molecular weight is 399 g/mol. The van der Waals surface area contributed by atoms with Crippen molar-refractivity contribution < 1.29 is 4.58 Å². The first kappa shape index (κ1) is 20.4. The Kier molecular flexibility index (Phi) is 6.04. The Labute approximate surface area is 181 Å². The van der Waals surface area contributed by atoms with Gasteiger partial charge in [-0.25, -0.2) is 4.58 Å². The Morgan fingerprint density at radius 2 is 1.67 bits per heavy atom. The van der Waals surface area contributed by atoms with Crippen LogP contribution in [0.15, 0.2) is 66.4 Å². The minimum absolute atomic E-state index is 0.00866. The van der Waals surface area contributed by atoms with E-state index in [4.69, 9.17) is 5.26 Å². The molecular formula is C27H32N3+. The third-order valence-electron chi connectivity index (χ3n) is 6.82. The third kappa shape index (κ3) is 4.33. The SMILES string of the molecule is CC1(C)C(Cc2ccc(C#N)cc2)C(N2CCCCC2)=CC=[N+]1Cc1ccccc1. The summed E-state index contributed by atoms with van der Waals surface area (Å²) < 4.78 is 2.50. The highest BCUT2D eigenvalue weighted by atomic mass is 15.2. The molecule has 154 valence electrons. The fourth-order valence-corrected chi connectivity index (χ4v) is 4.86. The van der Waals surface area contributed by atoms with Gasteiger partial charge in [-0.05, 0) is 43.4 Å². The van der Waals surface area contributed by atoms with Crippen LogP contribution in [0.2, 0.25) is 0 Å². The number of hydrogen-bond donors (Lipinski definition) is 0. The molecule has 0 saturated carbocycles. The highest BCUT2D eigenvalue weighted by Gasteiger charge is 2.45. The van der Waals surface area contributed by atoms with Crippen molar-refractivity contribution in [3.8, 4) is 6.07 Å². The van der Waals surface area contributed by atoms with E-state index in [9.17, 15) is 0 Å². The molecule has 0 amide bonds. The zero-order chi connectivity index (χ0) is 21.0. The van der Waals surface area contributed by atoms with E-state index < -0.39 is 0 Å². The van der Waals surface area contributed by atoms with E-state index in [0.29, 0.717) is 5.92 Å². The van der Waals surface area contributed by atoms with Gasteiger partial charge >= 0.3 is 0 Å². The number of nitriles is 1. The van der Waals surface area contributed by atoms with Crippen LogP contribution in [0.1, 0.15) is 49.8 Å². The summed E-state index contributed by atoms with van der Waals surface area (Å²) in [7, 11) is 0. The molecule has 1 fully saturated rings. The van der Waals surface area contributed by atoms with Gasteiger partial charge in [0.2, 0.25) is 0 Å². The third-order valence-corrected chi connectivity index (χ3v) is 6.82. The second kappa shape index (κ2) is 8.88. The molecule has 2 heterocycles. The topological polar surface area (TPSA) is 30.0 Å². The summed E-state index contributed by atoms with van der Waals surface area (Å²) in [5.41, 5.74) is 4.84. The van der Waals surface area contributed by atoms with Crippen LogP contribution < -0.4 is 0 Å². The van der Waals surface area contributed by atoms with Crippen molar-refractivity contribution in [2.45, 2.75) is 51.6 Å². The van der Waals surface area contributed by atoms with Crippen LogP contribution in [0.5, 0.6) is 0 Å². The zero-order valence-corrected chi connectivity index (χ0v) is 18.2. The number of likely N-dealkylation sites (tertiary alicyclic amines) is 1.